The number of carboxylic acids is 1. The summed E-state index contributed by atoms with van der Waals surface area (Å²) >= 11 is 0. The highest BCUT2D eigenvalue weighted by molar-refractivity contribution is 5.69. The minimum absolute atomic E-state index is 0.342. The van der Waals surface area contributed by atoms with Gasteiger partial charge in [0.05, 0.1) is 11.9 Å². The first-order valence-electron chi connectivity index (χ1n) is 7.29. The van der Waals surface area contributed by atoms with Gasteiger partial charge in [-0.15, -0.1) is 0 Å². The average molecular weight is 299 g/mol. The lowest BCUT2D eigenvalue weighted by atomic mass is 10.1. The van der Waals surface area contributed by atoms with Crippen molar-refractivity contribution in [3.05, 3.63) is 46.9 Å². The lowest BCUT2D eigenvalue weighted by Crippen LogP contribution is -2.33. The molecule has 6 heteroatoms. The van der Waals surface area contributed by atoms with Crippen molar-refractivity contribution in [1.82, 2.24) is 9.55 Å². The van der Waals surface area contributed by atoms with Gasteiger partial charge < -0.3 is 10.0 Å². The fourth-order valence-electron chi connectivity index (χ4n) is 2.75. The molecule has 1 aliphatic rings. The summed E-state index contributed by atoms with van der Waals surface area (Å²) < 4.78 is 1.29. The molecular weight excluding hydrogens is 282 g/mol. The molecule has 1 aromatic heterocycles. The van der Waals surface area contributed by atoms with Gasteiger partial charge in [-0.1, -0.05) is 30.3 Å². The van der Waals surface area contributed by atoms with Crippen molar-refractivity contribution in [2.24, 2.45) is 0 Å². The Labute approximate surface area is 127 Å². The van der Waals surface area contributed by atoms with E-state index in [9.17, 15) is 9.59 Å². The van der Waals surface area contributed by atoms with Crippen molar-refractivity contribution in [3.63, 3.8) is 0 Å². The fraction of sp³-hybridized carbons (Fsp3) is 0.312. The molecule has 0 radical (unpaired) electrons. The van der Waals surface area contributed by atoms with Crippen LogP contribution in [0.1, 0.15) is 12.8 Å². The molecule has 0 aliphatic carbocycles. The first-order valence-corrected chi connectivity index (χ1v) is 7.29. The first kappa shape index (κ1) is 14.3. The molecular formula is C16H17N3O3. The summed E-state index contributed by atoms with van der Waals surface area (Å²) in [6.45, 7) is 1.21. The Bertz CT molecular complexity index is 734. The number of carbonyl (C=O) groups is 1. The molecule has 6 nitrogen and oxygen atoms in total. The average Bonchev–Trinajstić information content (AvgIpc) is 3.04. The Balaban J connectivity index is 2.12. The van der Waals surface area contributed by atoms with Crippen molar-refractivity contribution in [2.45, 2.75) is 19.4 Å². The Hall–Kier alpha value is -2.63. The molecule has 114 valence electrons. The van der Waals surface area contributed by atoms with E-state index in [1.54, 1.807) is 6.20 Å². The zero-order chi connectivity index (χ0) is 15.5. The van der Waals surface area contributed by atoms with Crippen molar-refractivity contribution < 1.29 is 9.90 Å². The van der Waals surface area contributed by atoms with Gasteiger partial charge in [0.1, 0.15) is 6.54 Å². The second-order valence-corrected chi connectivity index (χ2v) is 5.31. The van der Waals surface area contributed by atoms with Crippen molar-refractivity contribution in [1.29, 1.82) is 0 Å². The largest absolute Gasteiger partial charge is 0.480 e. The monoisotopic (exact) mass is 299 g/mol. The number of hydrogen-bond donors (Lipinski definition) is 1. The molecule has 0 spiro atoms. The van der Waals surface area contributed by atoms with Crippen molar-refractivity contribution in [2.75, 3.05) is 18.0 Å². The minimum atomic E-state index is -1.04. The van der Waals surface area contributed by atoms with Crippen LogP contribution in [0.3, 0.4) is 0 Å². The number of anilines is 1. The quantitative estimate of drug-likeness (QED) is 0.928. The molecule has 2 heterocycles. The Morgan fingerprint density at radius 3 is 2.50 bits per heavy atom. The minimum Gasteiger partial charge on any atom is -0.480 e. The van der Waals surface area contributed by atoms with E-state index in [0.717, 1.165) is 31.5 Å². The standard InChI is InChI=1S/C16H17N3O3/c20-14(21)11-19-13(12-6-2-1-3-7-12)10-17-15(16(19)22)18-8-4-5-9-18/h1-3,6-7,10H,4-5,8-9,11H2,(H,20,21). The van der Waals surface area contributed by atoms with Crippen LogP contribution >= 0.6 is 0 Å². The maximum Gasteiger partial charge on any atom is 0.323 e. The lowest BCUT2D eigenvalue weighted by Gasteiger charge is -2.18. The SMILES string of the molecule is O=C(O)Cn1c(-c2ccccc2)cnc(N2CCCC2)c1=O. The van der Waals surface area contributed by atoms with E-state index in [1.165, 1.54) is 4.57 Å². The molecule has 0 saturated carbocycles. The predicted molar refractivity (Wildman–Crippen MR) is 83.0 cm³/mol. The molecule has 0 unspecified atom stereocenters. The molecule has 1 N–H and O–H groups in total. The van der Waals surface area contributed by atoms with Gasteiger partial charge in [-0.25, -0.2) is 4.98 Å². The number of aromatic nitrogens is 2. The van der Waals surface area contributed by atoms with E-state index in [4.69, 9.17) is 5.11 Å². The maximum absolute atomic E-state index is 12.7. The molecule has 0 bridgehead atoms. The smallest absolute Gasteiger partial charge is 0.323 e. The van der Waals surface area contributed by atoms with E-state index in [0.29, 0.717) is 11.5 Å². The van der Waals surface area contributed by atoms with Gasteiger partial charge >= 0.3 is 5.97 Å². The number of hydrogen-bond acceptors (Lipinski definition) is 4. The van der Waals surface area contributed by atoms with Gasteiger partial charge in [-0.2, -0.15) is 0 Å². The number of carboxylic acid groups (broad SMARTS) is 1. The molecule has 1 aliphatic heterocycles. The number of rotatable bonds is 4. The van der Waals surface area contributed by atoms with Crippen LogP contribution in [0.4, 0.5) is 5.82 Å². The normalized spacial score (nSPS) is 14.3. The molecule has 0 amide bonds. The molecule has 1 aromatic carbocycles. The summed E-state index contributed by atoms with van der Waals surface area (Å²) in [5.41, 5.74) is 0.961. The Morgan fingerprint density at radius 1 is 1.18 bits per heavy atom. The Kier molecular flexibility index (Phi) is 3.91. The molecule has 22 heavy (non-hydrogen) atoms. The topological polar surface area (TPSA) is 75.4 Å². The van der Waals surface area contributed by atoms with Gasteiger partial charge in [0.25, 0.3) is 5.56 Å². The third-order valence-corrected chi connectivity index (χ3v) is 3.80. The second-order valence-electron chi connectivity index (χ2n) is 5.31. The predicted octanol–water partition coefficient (Wildman–Crippen LogP) is 1.60. The highest BCUT2D eigenvalue weighted by Crippen LogP contribution is 2.20. The third-order valence-electron chi connectivity index (χ3n) is 3.80. The summed E-state index contributed by atoms with van der Waals surface area (Å²) in [5.74, 6) is -0.698. The zero-order valence-corrected chi connectivity index (χ0v) is 12.1. The van der Waals surface area contributed by atoms with Crippen molar-refractivity contribution in [3.8, 4) is 11.3 Å². The second kappa shape index (κ2) is 6.01. The van der Waals surface area contributed by atoms with Crippen LogP contribution < -0.4 is 10.5 Å². The van der Waals surface area contributed by atoms with Crippen LogP contribution in [0.25, 0.3) is 11.3 Å². The highest BCUT2D eigenvalue weighted by Gasteiger charge is 2.20. The summed E-state index contributed by atoms with van der Waals surface area (Å²) in [6.07, 6.45) is 3.65. The molecule has 0 atom stereocenters. The van der Waals surface area contributed by atoms with Crippen LogP contribution in [-0.4, -0.2) is 33.7 Å². The fourth-order valence-corrected chi connectivity index (χ4v) is 2.75. The van der Waals surface area contributed by atoms with Gasteiger partial charge in [-0.3, -0.25) is 14.2 Å². The van der Waals surface area contributed by atoms with E-state index in [1.807, 2.05) is 35.2 Å². The van der Waals surface area contributed by atoms with Crippen LogP contribution in [0.2, 0.25) is 0 Å². The van der Waals surface area contributed by atoms with Crippen LogP contribution in [0.15, 0.2) is 41.3 Å². The van der Waals surface area contributed by atoms with Gasteiger partial charge in [-0.05, 0) is 18.4 Å². The Morgan fingerprint density at radius 2 is 1.86 bits per heavy atom. The zero-order valence-electron chi connectivity index (χ0n) is 12.1. The van der Waals surface area contributed by atoms with E-state index in [-0.39, 0.29) is 12.1 Å². The first-order chi connectivity index (χ1) is 10.7. The molecule has 3 rings (SSSR count). The van der Waals surface area contributed by atoms with Gasteiger partial charge in [0.15, 0.2) is 5.82 Å². The number of aliphatic carboxylic acids is 1. The van der Waals surface area contributed by atoms with Crippen LogP contribution in [-0.2, 0) is 11.3 Å². The molecule has 2 aromatic rings. The number of nitrogens with zero attached hydrogens (tertiary/aromatic N) is 3. The highest BCUT2D eigenvalue weighted by atomic mass is 16.4. The molecule has 1 saturated heterocycles. The van der Waals surface area contributed by atoms with Gasteiger partial charge in [0, 0.05) is 13.1 Å². The number of benzene rings is 1. The van der Waals surface area contributed by atoms with E-state index in [2.05, 4.69) is 4.98 Å². The molecule has 1 fully saturated rings. The van der Waals surface area contributed by atoms with E-state index >= 15 is 0 Å². The van der Waals surface area contributed by atoms with Crippen LogP contribution in [0, 0.1) is 0 Å². The van der Waals surface area contributed by atoms with Crippen LogP contribution in [0.5, 0.6) is 0 Å². The summed E-state index contributed by atoms with van der Waals surface area (Å²) in [7, 11) is 0. The third kappa shape index (κ3) is 2.72. The summed E-state index contributed by atoms with van der Waals surface area (Å²) in [4.78, 5) is 30.1. The van der Waals surface area contributed by atoms with E-state index < -0.39 is 5.97 Å². The van der Waals surface area contributed by atoms with Gasteiger partial charge in [0.2, 0.25) is 0 Å². The lowest BCUT2D eigenvalue weighted by molar-refractivity contribution is -0.137. The summed E-state index contributed by atoms with van der Waals surface area (Å²) in [6, 6.07) is 9.24. The maximum atomic E-state index is 12.7. The van der Waals surface area contributed by atoms with Crippen molar-refractivity contribution >= 4 is 11.8 Å². The summed E-state index contributed by atoms with van der Waals surface area (Å²) in [5, 5.41) is 9.13.